The molecule has 1 aromatic rings. The van der Waals surface area contributed by atoms with E-state index in [0.29, 0.717) is 0 Å². The van der Waals surface area contributed by atoms with Crippen LogP contribution in [-0.4, -0.2) is 25.8 Å². The zero-order valence-electron chi connectivity index (χ0n) is 8.02. The Hall–Kier alpha value is -1.70. The van der Waals surface area contributed by atoms with Crippen molar-refractivity contribution in [1.29, 1.82) is 0 Å². The van der Waals surface area contributed by atoms with Gasteiger partial charge in [-0.25, -0.2) is 4.21 Å². The summed E-state index contributed by atoms with van der Waals surface area (Å²) in [7, 11) is -3.66. The topological polar surface area (TPSA) is 54.5 Å². The molecule has 0 saturated carbocycles. The van der Waals surface area contributed by atoms with Gasteiger partial charge in [-0.05, 0) is 12.1 Å². The minimum Gasteiger partial charge on any atom is -0.268 e. The highest BCUT2D eigenvalue weighted by molar-refractivity contribution is 7.84. The highest BCUT2D eigenvalue weighted by Gasteiger charge is 2.50. The molecule has 17 heavy (non-hydrogen) atoms. The first-order valence-corrected chi connectivity index (χ1v) is 5.41. The van der Waals surface area contributed by atoms with Crippen LogP contribution in [0, 0.1) is 0 Å². The highest BCUT2D eigenvalue weighted by atomic mass is 32.2. The molecule has 2 amide bonds. The Balaban J connectivity index is 2.47. The SMILES string of the molecule is O=C1c2ccccc2C(=O)N1S(=O)C(F)(F)F. The molecule has 0 N–H and O–H groups in total. The molecule has 0 bridgehead atoms. The van der Waals surface area contributed by atoms with Crippen molar-refractivity contribution < 1.29 is 27.0 Å². The molecular weight excluding hydrogens is 259 g/mol. The molecule has 0 fully saturated rings. The number of nitrogens with zero attached hydrogens (tertiary/aromatic N) is 1. The van der Waals surface area contributed by atoms with Gasteiger partial charge < -0.3 is 0 Å². The first kappa shape index (κ1) is 11.8. The summed E-state index contributed by atoms with van der Waals surface area (Å²) in [5, 5.41) is 0. The van der Waals surface area contributed by atoms with Crippen LogP contribution < -0.4 is 0 Å². The quantitative estimate of drug-likeness (QED) is 0.721. The maximum Gasteiger partial charge on any atom is 0.491 e. The van der Waals surface area contributed by atoms with Crippen LogP contribution in [0.5, 0.6) is 0 Å². The number of imide groups is 1. The Morgan fingerprint density at radius 3 is 1.76 bits per heavy atom. The summed E-state index contributed by atoms with van der Waals surface area (Å²) in [6.45, 7) is 0. The minimum absolute atomic E-state index is 0.171. The van der Waals surface area contributed by atoms with Crippen molar-refractivity contribution in [3.63, 3.8) is 0 Å². The van der Waals surface area contributed by atoms with Crippen LogP contribution in [0.4, 0.5) is 13.2 Å². The normalized spacial score (nSPS) is 17.2. The lowest BCUT2D eigenvalue weighted by Gasteiger charge is -2.14. The van der Waals surface area contributed by atoms with E-state index in [0.717, 1.165) is 0 Å². The van der Waals surface area contributed by atoms with Gasteiger partial charge in [-0.3, -0.25) is 9.59 Å². The number of carbonyl (C=O) groups is 2. The molecule has 0 aliphatic carbocycles. The molecule has 4 nitrogen and oxygen atoms in total. The van der Waals surface area contributed by atoms with E-state index in [4.69, 9.17) is 0 Å². The van der Waals surface area contributed by atoms with Crippen LogP contribution in [0.1, 0.15) is 20.7 Å². The predicted molar refractivity (Wildman–Crippen MR) is 51.1 cm³/mol. The van der Waals surface area contributed by atoms with Crippen molar-refractivity contribution in [2.75, 3.05) is 0 Å². The van der Waals surface area contributed by atoms with Crippen LogP contribution >= 0.6 is 0 Å². The molecule has 0 saturated heterocycles. The third kappa shape index (κ3) is 1.74. The van der Waals surface area contributed by atoms with Gasteiger partial charge in [0.05, 0.1) is 11.1 Å². The van der Waals surface area contributed by atoms with E-state index in [2.05, 4.69) is 0 Å². The number of hydrogen-bond acceptors (Lipinski definition) is 3. The second kappa shape index (κ2) is 3.66. The fourth-order valence-electron chi connectivity index (χ4n) is 1.42. The number of alkyl halides is 3. The van der Waals surface area contributed by atoms with E-state index >= 15 is 0 Å². The number of amides is 2. The fraction of sp³-hybridized carbons (Fsp3) is 0.111. The monoisotopic (exact) mass is 263 g/mol. The predicted octanol–water partition coefficient (Wildman–Crippen LogP) is 1.47. The van der Waals surface area contributed by atoms with Crippen molar-refractivity contribution in [3.05, 3.63) is 35.4 Å². The van der Waals surface area contributed by atoms with Gasteiger partial charge in [-0.2, -0.15) is 17.5 Å². The fourth-order valence-corrected chi connectivity index (χ4v) is 2.13. The summed E-state index contributed by atoms with van der Waals surface area (Å²) < 4.78 is 47.4. The molecular formula is C9H4F3NO3S. The summed E-state index contributed by atoms with van der Waals surface area (Å²) in [5.41, 5.74) is -5.49. The Morgan fingerprint density at radius 2 is 1.41 bits per heavy atom. The summed E-state index contributed by atoms with van der Waals surface area (Å²) in [6, 6.07) is 5.24. The highest BCUT2D eigenvalue weighted by Crippen LogP contribution is 2.30. The van der Waals surface area contributed by atoms with Crippen molar-refractivity contribution in [3.8, 4) is 0 Å². The first-order valence-electron chi connectivity index (χ1n) is 4.30. The van der Waals surface area contributed by atoms with E-state index in [-0.39, 0.29) is 15.4 Å². The third-order valence-electron chi connectivity index (χ3n) is 2.12. The van der Waals surface area contributed by atoms with Gasteiger partial charge in [0, 0.05) is 0 Å². The Labute approximate surface area is 95.6 Å². The zero-order chi connectivity index (χ0) is 12.8. The second-order valence-corrected chi connectivity index (χ2v) is 4.47. The van der Waals surface area contributed by atoms with Crippen molar-refractivity contribution >= 4 is 22.8 Å². The smallest absolute Gasteiger partial charge is 0.268 e. The number of rotatable bonds is 1. The van der Waals surface area contributed by atoms with Crippen LogP contribution in [-0.2, 0) is 11.0 Å². The summed E-state index contributed by atoms with van der Waals surface area (Å²) >= 11 is 0. The molecule has 8 heteroatoms. The van der Waals surface area contributed by atoms with Gasteiger partial charge in [0.25, 0.3) is 11.8 Å². The van der Waals surface area contributed by atoms with E-state index in [1.807, 2.05) is 0 Å². The average Bonchev–Trinajstić information content (AvgIpc) is 2.51. The minimum atomic E-state index is -5.15. The van der Waals surface area contributed by atoms with Crippen molar-refractivity contribution in [2.24, 2.45) is 0 Å². The third-order valence-corrected chi connectivity index (χ3v) is 3.18. The molecule has 0 spiro atoms. The number of fused-ring (bicyclic) bond motifs is 1. The van der Waals surface area contributed by atoms with Gasteiger partial charge in [-0.1, -0.05) is 12.1 Å². The summed E-state index contributed by atoms with van der Waals surface area (Å²) in [5.74, 6) is -2.39. The lowest BCUT2D eigenvalue weighted by Crippen LogP contribution is -2.39. The van der Waals surface area contributed by atoms with Crippen LogP contribution in [0.15, 0.2) is 24.3 Å². The number of carbonyl (C=O) groups excluding carboxylic acids is 2. The molecule has 1 aromatic carbocycles. The van der Waals surface area contributed by atoms with Crippen LogP contribution in [0.3, 0.4) is 0 Å². The van der Waals surface area contributed by atoms with E-state index in [1.165, 1.54) is 24.3 Å². The number of benzene rings is 1. The molecule has 1 aliphatic heterocycles. The molecule has 0 radical (unpaired) electrons. The Bertz CT molecular complexity index is 506. The Morgan fingerprint density at radius 1 is 1.00 bits per heavy atom. The van der Waals surface area contributed by atoms with E-state index in [1.54, 1.807) is 0 Å². The molecule has 1 atom stereocenters. The molecule has 1 heterocycles. The van der Waals surface area contributed by atoms with Gasteiger partial charge in [-0.15, -0.1) is 0 Å². The zero-order valence-corrected chi connectivity index (χ0v) is 8.84. The standard InChI is InChI=1S/C9H4F3NO3S/c10-9(11,12)17(16)13-7(14)5-3-1-2-4-6(5)8(13)15/h1-4H. The molecule has 2 rings (SSSR count). The van der Waals surface area contributed by atoms with Crippen LogP contribution in [0.25, 0.3) is 0 Å². The summed E-state index contributed by atoms with van der Waals surface area (Å²) in [4.78, 5) is 23.0. The maximum absolute atomic E-state index is 12.2. The Kier molecular flexibility index (Phi) is 2.53. The van der Waals surface area contributed by atoms with Gasteiger partial charge in [0.15, 0.2) is 0 Å². The van der Waals surface area contributed by atoms with Gasteiger partial charge in [0.1, 0.15) is 0 Å². The van der Waals surface area contributed by atoms with Crippen LogP contribution in [0.2, 0.25) is 0 Å². The molecule has 90 valence electrons. The lowest BCUT2D eigenvalue weighted by atomic mass is 10.1. The van der Waals surface area contributed by atoms with Crippen molar-refractivity contribution in [1.82, 2.24) is 4.31 Å². The molecule has 1 aliphatic rings. The largest absolute Gasteiger partial charge is 0.491 e. The molecule has 1 unspecified atom stereocenters. The first-order chi connectivity index (χ1) is 7.84. The number of hydrogen-bond donors (Lipinski definition) is 0. The number of halogens is 3. The van der Waals surface area contributed by atoms with Gasteiger partial charge in [0.2, 0.25) is 11.0 Å². The van der Waals surface area contributed by atoms with E-state index < -0.39 is 28.3 Å². The lowest BCUT2D eigenvalue weighted by molar-refractivity contribution is -0.0418. The summed E-state index contributed by atoms with van der Waals surface area (Å²) in [6.07, 6.45) is 0. The maximum atomic E-state index is 12.2. The average molecular weight is 263 g/mol. The van der Waals surface area contributed by atoms with Gasteiger partial charge >= 0.3 is 5.51 Å². The second-order valence-electron chi connectivity index (χ2n) is 3.15. The van der Waals surface area contributed by atoms with E-state index in [9.17, 15) is 27.0 Å². The molecule has 0 aromatic heterocycles. The van der Waals surface area contributed by atoms with Crippen molar-refractivity contribution in [2.45, 2.75) is 5.51 Å².